The number of carbonyl (C=O) groups is 1. The number of likely N-dealkylation sites (N-methyl/N-ethyl adjacent to an activating group) is 1. The van der Waals surface area contributed by atoms with Crippen molar-refractivity contribution in [1.82, 2.24) is 9.88 Å². The van der Waals surface area contributed by atoms with E-state index in [2.05, 4.69) is 4.98 Å². The number of rotatable bonds is 4. The van der Waals surface area contributed by atoms with Crippen molar-refractivity contribution in [2.24, 2.45) is 0 Å². The predicted molar refractivity (Wildman–Crippen MR) is 72.1 cm³/mol. The molecule has 1 aromatic heterocycles. The Labute approximate surface area is 117 Å². The predicted octanol–water partition coefficient (Wildman–Crippen LogP) is 2.62. The second-order valence-corrected chi connectivity index (χ2v) is 5.39. The molecule has 0 aliphatic carbocycles. The highest BCUT2D eigenvalue weighted by Crippen LogP contribution is 2.20. The van der Waals surface area contributed by atoms with Crippen molar-refractivity contribution in [3.8, 4) is 0 Å². The van der Waals surface area contributed by atoms with Gasteiger partial charge in [0.2, 0.25) is 0 Å². The third-order valence-corrected chi connectivity index (χ3v) is 2.98. The van der Waals surface area contributed by atoms with Crippen LogP contribution in [0.1, 0.15) is 31.1 Å². The number of aromatic nitrogens is 1. The third-order valence-electron chi connectivity index (χ3n) is 2.29. The summed E-state index contributed by atoms with van der Waals surface area (Å²) < 4.78 is 0. The minimum atomic E-state index is -0.949. The molecule has 1 aromatic rings. The van der Waals surface area contributed by atoms with Crippen LogP contribution in [0.5, 0.6) is 0 Å². The first kappa shape index (κ1) is 15.2. The fraction of sp³-hybridized carbons (Fsp3) is 0.500. The summed E-state index contributed by atoms with van der Waals surface area (Å²) in [5.74, 6) is -0.231. The molecule has 0 saturated heterocycles. The highest BCUT2D eigenvalue weighted by Gasteiger charge is 2.22. The van der Waals surface area contributed by atoms with Crippen molar-refractivity contribution in [2.45, 2.75) is 26.4 Å². The van der Waals surface area contributed by atoms with Gasteiger partial charge in [0, 0.05) is 19.3 Å². The number of carbonyl (C=O) groups excluding carboxylic acids is 1. The van der Waals surface area contributed by atoms with Gasteiger partial charge in [-0.1, -0.05) is 23.2 Å². The second-order valence-electron chi connectivity index (χ2n) is 4.63. The maximum Gasteiger partial charge on any atom is 0.255 e. The molecule has 0 aromatic carbocycles. The summed E-state index contributed by atoms with van der Waals surface area (Å²) in [5, 5.41) is 10.2. The number of aliphatic hydroxyl groups is 1. The van der Waals surface area contributed by atoms with Crippen LogP contribution in [0.25, 0.3) is 0 Å². The lowest BCUT2D eigenvalue weighted by Gasteiger charge is -2.28. The van der Waals surface area contributed by atoms with Crippen LogP contribution in [-0.4, -0.2) is 39.6 Å². The largest absolute Gasteiger partial charge is 0.389 e. The molecule has 0 radical (unpaired) electrons. The summed E-state index contributed by atoms with van der Waals surface area (Å²) in [6.45, 7) is 5.87. The second kappa shape index (κ2) is 5.87. The lowest BCUT2D eigenvalue weighted by Crippen LogP contribution is -2.42. The molecule has 100 valence electrons. The fourth-order valence-corrected chi connectivity index (χ4v) is 1.78. The molecule has 4 nitrogen and oxygen atoms in total. The minimum Gasteiger partial charge on any atom is -0.389 e. The van der Waals surface area contributed by atoms with E-state index in [9.17, 15) is 9.90 Å². The van der Waals surface area contributed by atoms with Gasteiger partial charge in [-0.3, -0.25) is 4.79 Å². The fourth-order valence-electron chi connectivity index (χ4n) is 1.52. The van der Waals surface area contributed by atoms with Gasteiger partial charge in [-0.2, -0.15) is 0 Å². The highest BCUT2D eigenvalue weighted by atomic mass is 35.5. The molecule has 1 rings (SSSR count). The van der Waals surface area contributed by atoms with E-state index in [4.69, 9.17) is 23.2 Å². The SMILES string of the molecule is CCN(CC(C)(C)O)C(=O)c1cnc(Cl)c(Cl)c1. The smallest absolute Gasteiger partial charge is 0.255 e. The lowest BCUT2D eigenvalue weighted by atomic mass is 10.1. The number of hydrogen-bond acceptors (Lipinski definition) is 3. The summed E-state index contributed by atoms with van der Waals surface area (Å²) in [6.07, 6.45) is 1.38. The highest BCUT2D eigenvalue weighted by molar-refractivity contribution is 6.41. The number of hydrogen-bond donors (Lipinski definition) is 1. The maximum atomic E-state index is 12.2. The molecule has 18 heavy (non-hydrogen) atoms. The van der Waals surface area contributed by atoms with Crippen LogP contribution in [0.15, 0.2) is 12.3 Å². The number of pyridine rings is 1. The van der Waals surface area contributed by atoms with Crippen LogP contribution < -0.4 is 0 Å². The van der Waals surface area contributed by atoms with Gasteiger partial charge in [-0.15, -0.1) is 0 Å². The Kier molecular flexibility index (Phi) is 4.96. The Balaban J connectivity index is 2.93. The molecule has 0 saturated carbocycles. The van der Waals surface area contributed by atoms with E-state index in [1.807, 2.05) is 6.92 Å². The molecule has 0 spiro atoms. The summed E-state index contributed by atoms with van der Waals surface area (Å²) >= 11 is 11.5. The normalized spacial score (nSPS) is 11.4. The first-order valence-electron chi connectivity index (χ1n) is 5.57. The molecule has 0 aliphatic rings. The maximum absolute atomic E-state index is 12.2. The van der Waals surface area contributed by atoms with Gasteiger partial charge >= 0.3 is 0 Å². The van der Waals surface area contributed by atoms with E-state index in [0.29, 0.717) is 12.1 Å². The Hall–Kier alpha value is -0.840. The van der Waals surface area contributed by atoms with Crippen molar-refractivity contribution in [2.75, 3.05) is 13.1 Å². The standard InChI is InChI=1S/C12H16Cl2N2O2/c1-4-16(7-12(2,3)18)11(17)8-5-9(13)10(14)15-6-8/h5-6,18H,4,7H2,1-3H3. The van der Waals surface area contributed by atoms with Crippen LogP contribution in [0.4, 0.5) is 0 Å². The molecular formula is C12H16Cl2N2O2. The minimum absolute atomic E-state index is 0.166. The van der Waals surface area contributed by atoms with Crippen molar-refractivity contribution in [1.29, 1.82) is 0 Å². The Morgan fingerprint density at radius 2 is 2.11 bits per heavy atom. The molecule has 1 amide bonds. The van der Waals surface area contributed by atoms with Gasteiger partial charge < -0.3 is 10.0 Å². The van der Waals surface area contributed by atoms with Gasteiger partial charge in [0.15, 0.2) is 0 Å². The third kappa shape index (κ3) is 4.12. The van der Waals surface area contributed by atoms with E-state index in [1.54, 1.807) is 13.8 Å². The number of amides is 1. The quantitative estimate of drug-likeness (QED) is 0.868. The molecule has 0 unspecified atom stereocenters. The number of nitrogens with zero attached hydrogens (tertiary/aromatic N) is 2. The zero-order chi connectivity index (χ0) is 13.9. The van der Waals surface area contributed by atoms with Crippen molar-refractivity contribution >= 4 is 29.1 Å². The average Bonchev–Trinajstić information content (AvgIpc) is 2.27. The van der Waals surface area contributed by atoms with Crippen LogP contribution in [-0.2, 0) is 0 Å². The van der Waals surface area contributed by atoms with E-state index in [-0.39, 0.29) is 22.6 Å². The topological polar surface area (TPSA) is 53.4 Å². The first-order valence-corrected chi connectivity index (χ1v) is 6.33. The summed E-state index contributed by atoms with van der Waals surface area (Å²) in [4.78, 5) is 17.6. The molecule has 6 heteroatoms. The molecule has 0 fully saturated rings. The molecular weight excluding hydrogens is 275 g/mol. The van der Waals surface area contributed by atoms with Crippen LogP contribution in [0, 0.1) is 0 Å². The van der Waals surface area contributed by atoms with E-state index >= 15 is 0 Å². The monoisotopic (exact) mass is 290 g/mol. The van der Waals surface area contributed by atoms with Crippen LogP contribution >= 0.6 is 23.2 Å². The molecule has 0 aliphatic heterocycles. The van der Waals surface area contributed by atoms with Crippen molar-refractivity contribution in [3.63, 3.8) is 0 Å². The first-order chi connectivity index (χ1) is 8.24. The summed E-state index contributed by atoms with van der Waals surface area (Å²) in [5.41, 5.74) is -0.592. The lowest BCUT2D eigenvalue weighted by molar-refractivity contribution is 0.0314. The van der Waals surface area contributed by atoms with E-state index in [0.717, 1.165) is 0 Å². The van der Waals surface area contributed by atoms with Gasteiger partial charge in [0.1, 0.15) is 5.15 Å². The molecule has 1 N–H and O–H groups in total. The van der Waals surface area contributed by atoms with Crippen LogP contribution in [0.3, 0.4) is 0 Å². The van der Waals surface area contributed by atoms with E-state index in [1.165, 1.54) is 17.2 Å². The zero-order valence-corrected chi connectivity index (χ0v) is 12.1. The van der Waals surface area contributed by atoms with Gasteiger partial charge in [-0.05, 0) is 26.8 Å². The van der Waals surface area contributed by atoms with E-state index < -0.39 is 5.60 Å². The van der Waals surface area contributed by atoms with Crippen molar-refractivity contribution < 1.29 is 9.90 Å². The number of halogens is 2. The molecule has 1 heterocycles. The Bertz CT molecular complexity index is 444. The zero-order valence-electron chi connectivity index (χ0n) is 10.6. The molecule has 0 atom stereocenters. The van der Waals surface area contributed by atoms with Crippen LogP contribution in [0.2, 0.25) is 10.2 Å². The molecule has 0 bridgehead atoms. The van der Waals surface area contributed by atoms with Gasteiger partial charge in [0.05, 0.1) is 16.2 Å². The summed E-state index contributed by atoms with van der Waals surface area (Å²) in [6, 6.07) is 1.48. The Morgan fingerprint density at radius 1 is 1.50 bits per heavy atom. The van der Waals surface area contributed by atoms with Gasteiger partial charge in [-0.25, -0.2) is 4.98 Å². The van der Waals surface area contributed by atoms with Gasteiger partial charge in [0.25, 0.3) is 5.91 Å². The average molecular weight is 291 g/mol. The van der Waals surface area contributed by atoms with Crippen molar-refractivity contribution in [3.05, 3.63) is 28.0 Å². The Morgan fingerprint density at radius 3 is 2.56 bits per heavy atom. The summed E-state index contributed by atoms with van der Waals surface area (Å²) in [7, 11) is 0.